The van der Waals surface area contributed by atoms with Crippen molar-refractivity contribution in [3.05, 3.63) is 35.4 Å². The molecule has 130 valence electrons. The first-order valence-corrected chi connectivity index (χ1v) is 9.55. The molecular weight excluding hydrogens is 354 g/mol. The fraction of sp³-hybridized carbons (Fsp3) is 0.400. The molecule has 0 saturated heterocycles. The number of carbonyl (C=O) groups is 2. The number of sulfone groups is 1. The van der Waals surface area contributed by atoms with Gasteiger partial charge in [-0.2, -0.15) is 5.26 Å². The highest BCUT2D eigenvalue weighted by Crippen LogP contribution is 2.08. The number of hydrogen-bond acceptors (Lipinski definition) is 5. The van der Waals surface area contributed by atoms with Crippen molar-refractivity contribution >= 4 is 33.3 Å². The van der Waals surface area contributed by atoms with E-state index in [1.165, 1.54) is 0 Å². The Morgan fingerprint density at radius 1 is 1.33 bits per heavy atom. The van der Waals surface area contributed by atoms with Gasteiger partial charge in [-0.3, -0.25) is 9.59 Å². The van der Waals surface area contributed by atoms with Gasteiger partial charge >= 0.3 is 0 Å². The monoisotopic (exact) mass is 371 g/mol. The molecule has 2 N–H and O–H groups in total. The van der Waals surface area contributed by atoms with Crippen LogP contribution in [0, 0.1) is 11.3 Å². The van der Waals surface area contributed by atoms with E-state index < -0.39 is 26.9 Å². The van der Waals surface area contributed by atoms with Crippen molar-refractivity contribution in [2.75, 3.05) is 19.3 Å². The van der Waals surface area contributed by atoms with Gasteiger partial charge in [0, 0.05) is 30.8 Å². The Balaban J connectivity index is 2.76. The summed E-state index contributed by atoms with van der Waals surface area (Å²) >= 11 is 5.71. The molecule has 0 fully saturated rings. The van der Waals surface area contributed by atoms with Gasteiger partial charge in [0.15, 0.2) is 15.1 Å². The summed E-state index contributed by atoms with van der Waals surface area (Å²) in [5.74, 6) is -1.00. The Morgan fingerprint density at radius 3 is 2.62 bits per heavy atom. The number of benzene rings is 1. The molecule has 24 heavy (non-hydrogen) atoms. The van der Waals surface area contributed by atoms with Crippen molar-refractivity contribution in [1.82, 2.24) is 10.6 Å². The van der Waals surface area contributed by atoms with Crippen molar-refractivity contribution in [1.29, 1.82) is 5.26 Å². The van der Waals surface area contributed by atoms with Crippen LogP contribution in [0.4, 0.5) is 0 Å². The molecule has 0 bridgehead atoms. The number of carbonyl (C=O) groups excluding carboxylic acids is 2. The van der Waals surface area contributed by atoms with E-state index in [1.54, 1.807) is 24.3 Å². The van der Waals surface area contributed by atoms with E-state index in [0.717, 1.165) is 11.8 Å². The molecule has 1 aromatic rings. The van der Waals surface area contributed by atoms with Crippen LogP contribution in [0.15, 0.2) is 24.3 Å². The van der Waals surface area contributed by atoms with E-state index in [9.17, 15) is 18.0 Å². The largest absolute Gasteiger partial charge is 0.354 e. The van der Waals surface area contributed by atoms with E-state index in [4.69, 9.17) is 16.9 Å². The van der Waals surface area contributed by atoms with Crippen LogP contribution in [0.1, 0.15) is 22.3 Å². The van der Waals surface area contributed by atoms with Crippen molar-refractivity contribution in [3.63, 3.8) is 0 Å². The lowest BCUT2D eigenvalue weighted by Gasteiger charge is -2.15. The van der Waals surface area contributed by atoms with Gasteiger partial charge in [-0.1, -0.05) is 12.1 Å². The van der Waals surface area contributed by atoms with Crippen LogP contribution in [-0.2, 0) is 20.5 Å². The molecule has 0 heterocycles. The first-order valence-electron chi connectivity index (χ1n) is 7.06. The first-order chi connectivity index (χ1) is 11.3. The predicted molar refractivity (Wildman–Crippen MR) is 90.2 cm³/mol. The molecule has 1 atom stereocenters. The minimum Gasteiger partial charge on any atom is -0.354 e. The molecule has 9 heteroatoms. The van der Waals surface area contributed by atoms with Gasteiger partial charge in [0.25, 0.3) is 5.91 Å². The zero-order chi connectivity index (χ0) is 18.2. The van der Waals surface area contributed by atoms with Gasteiger partial charge in [0.1, 0.15) is 0 Å². The molecule has 0 radical (unpaired) electrons. The minimum atomic E-state index is -3.72. The van der Waals surface area contributed by atoms with Crippen LogP contribution in [0.25, 0.3) is 0 Å². The number of nitrogens with one attached hydrogen (secondary N) is 2. The predicted octanol–water partition coefficient (Wildman–Crippen LogP) is 0.598. The number of nitrogens with zero attached hydrogens (tertiary/aromatic N) is 1. The van der Waals surface area contributed by atoms with Crippen LogP contribution in [0.3, 0.4) is 0 Å². The van der Waals surface area contributed by atoms with Crippen LogP contribution >= 0.6 is 11.6 Å². The zero-order valence-corrected chi connectivity index (χ0v) is 14.7. The summed E-state index contributed by atoms with van der Waals surface area (Å²) in [5, 5.41) is 11.8. The summed E-state index contributed by atoms with van der Waals surface area (Å²) in [6, 6.07) is 8.41. The first kappa shape index (κ1) is 19.9. The second kappa shape index (κ2) is 9.25. The third-order valence-electron chi connectivity index (χ3n) is 3.14. The van der Waals surface area contributed by atoms with Gasteiger partial charge in [-0.15, -0.1) is 11.6 Å². The Hall–Kier alpha value is -2.11. The molecule has 1 unspecified atom stereocenters. The van der Waals surface area contributed by atoms with Crippen LogP contribution < -0.4 is 10.6 Å². The smallest absolute Gasteiger partial charge is 0.251 e. The summed E-state index contributed by atoms with van der Waals surface area (Å²) in [4.78, 5) is 24.0. The standard InChI is InChI=1S/C15H18ClN3O4S/c1-24(22,23)13(15(21)18-7-3-6-17)10-19-14(20)12-5-2-4-11(8-12)9-16/h2,4-5,8,13H,3,7,9-10H2,1H3,(H,18,21)(H,19,20). The van der Waals surface area contributed by atoms with Crippen LogP contribution in [0.2, 0.25) is 0 Å². The van der Waals surface area contributed by atoms with E-state index >= 15 is 0 Å². The van der Waals surface area contributed by atoms with Gasteiger partial charge in [-0.25, -0.2) is 8.42 Å². The Bertz CT molecular complexity index is 743. The molecule has 1 rings (SSSR count). The third-order valence-corrected chi connectivity index (χ3v) is 4.86. The lowest BCUT2D eigenvalue weighted by molar-refractivity contribution is -0.120. The van der Waals surface area contributed by atoms with Gasteiger partial charge < -0.3 is 10.6 Å². The normalized spacial score (nSPS) is 12.0. The molecule has 0 aliphatic rings. The molecule has 0 spiro atoms. The molecule has 2 amide bonds. The number of rotatable bonds is 8. The fourth-order valence-electron chi connectivity index (χ4n) is 1.88. The lowest BCUT2D eigenvalue weighted by atomic mass is 10.1. The van der Waals surface area contributed by atoms with Gasteiger partial charge in [-0.05, 0) is 17.7 Å². The Morgan fingerprint density at radius 2 is 2.04 bits per heavy atom. The summed E-state index contributed by atoms with van der Waals surface area (Å²) in [6.07, 6.45) is 0.988. The van der Waals surface area contributed by atoms with Crippen LogP contribution in [0.5, 0.6) is 0 Å². The topological polar surface area (TPSA) is 116 Å². The minimum absolute atomic E-state index is 0.0487. The molecule has 0 aliphatic carbocycles. The quantitative estimate of drug-likeness (QED) is 0.512. The summed E-state index contributed by atoms with van der Waals surface area (Å²) in [7, 11) is -3.72. The molecule has 0 aromatic heterocycles. The van der Waals surface area contributed by atoms with E-state index in [0.29, 0.717) is 5.56 Å². The fourth-order valence-corrected chi connectivity index (χ4v) is 2.90. The Labute approximate surface area is 145 Å². The average Bonchev–Trinajstić information content (AvgIpc) is 2.54. The van der Waals surface area contributed by atoms with E-state index in [-0.39, 0.29) is 25.4 Å². The van der Waals surface area contributed by atoms with E-state index in [1.807, 2.05) is 6.07 Å². The molecule has 0 aliphatic heterocycles. The summed E-state index contributed by atoms with van der Waals surface area (Å²) < 4.78 is 23.5. The maximum atomic E-state index is 12.1. The van der Waals surface area contributed by atoms with Crippen molar-refractivity contribution < 1.29 is 18.0 Å². The highest BCUT2D eigenvalue weighted by molar-refractivity contribution is 7.92. The lowest BCUT2D eigenvalue weighted by Crippen LogP contribution is -2.47. The second-order valence-electron chi connectivity index (χ2n) is 5.06. The highest BCUT2D eigenvalue weighted by Gasteiger charge is 2.29. The molecular formula is C15H18ClN3O4S. The second-order valence-corrected chi connectivity index (χ2v) is 7.56. The average molecular weight is 372 g/mol. The van der Waals surface area contributed by atoms with Crippen molar-refractivity contribution in [3.8, 4) is 6.07 Å². The molecule has 1 aromatic carbocycles. The number of nitriles is 1. The maximum absolute atomic E-state index is 12.1. The van der Waals surface area contributed by atoms with Crippen LogP contribution in [-0.4, -0.2) is 44.8 Å². The van der Waals surface area contributed by atoms with Gasteiger partial charge in [0.2, 0.25) is 5.91 Å². The summed E-state index contributed by atoms with van der Waals surface area (Å²) in [6.45, 7) is -0.311. The summed E-state index contributed by atoms with van der Waals surface area (Å²) in [5.41, 5.74) is 1.07. The zero-order valence-electron chi connectivity index (χ0n) is 13.1. The number of halogens is 1. The van der Waals surface area contributed by atoms with Gasteiger partial charge in [0.05, 0.1) is 12.5 Å². The number of alkyl halides is 1. The Kier molecular flexibility index (Phi) is 7.68. The third kappa shape index (κ3) is 6.18. The maximum Gasteiger partial charge on any atom is 0.251 e. The van der Waals surface area contributed by atoms with Crippen molar-refractivity contribution in [2.45, 2.75) is 17.6 Å². The van der Waals surface area contributed by atoms with Crippen molar-refractivity contribution in [2.24, 2.45) is 0 Å². The highest BCUT2D eigenvalue weighted by atomic mass is 35.5. The molecule has 0 saturated carbocycles. The number of amides is 2. The van der Waals surface area contributed by atoms with E-state index in [2.05, 4.69) is 10.6 Å². The SMILES string of the molecule is CS(=O)(=O)C(CNC(=O)c1cccc(CCl)c1)C(=O)NCCC#N. The molecule has 7 nitrogen and oxygen atoms in total. The number of hydrogen-bond donors (Lipinski definition) is 2.